The summed E-state index contributed by atoms with van der Waals surface area (Å²) in [7, 11) is 0. The molecule has 2 aromatic heterocycles. The van der Waals surface area contributed by atoms with Crippen molar-refractivity contribution in [2.75, 3.05) is 4.90 Å². The zero-order valence-electron chi connectivity index (χ0n) is 33.6. The fraction of sp³-hybridized carbons (Fsp3) is 0.0169. The van der Waals surface area contributed by atoms with Crippen molar-refractivity contribution in [2.45, 2.75) is 5.41 Å². The molecule has 0 amide bonds. The van der Waals surface area contributed by atoms with E-state index in [0.717, 1.165) is 82.8 Å². The summed E-state index contributed by atoms with van der Waals surface area (Å²) in [6.45, 7) is 0. The highest BCUT2D eigenvalue weighted by molar-refractivity contribution is 6.21. The van der Waals surface area contributed by atoms with E-state index < -0.39 is 5.41 Å². The molecule has 0 fully saturated rings. The first-order chi connectivity index (χ1) is 30.8. The molecule has 2 heterocycles. The Morgan fingerprint density at radius 1 is 0.323 bits per heavy atom. The number of benzene rings is 10. The number of hydrogen-bond acceptors (Lipinski definition) is 3. The molecular weight excluding hydrogens is 755 g/mol. The molecule has 3 heteroatoms. The van der Waals surface area contributed by atoms with Gasteiger partial charge in [0.1, 0.15) is 22.3 Å². The Morgan fingerprint density at radius 3 is 1.71 bits per heavy atom. The monoisotopic (exact) mass is 791 g/mol. The van der Waals surface area contributed by atoms with Crippen LogP contribution in [0.25, 0.3) is 76.9 Å². The highest BCUT2D eigenvalue weighted by Gasteiger charge is 2.47. The van der Waals surface area contributed by atoms with Gasteiger partial charge in [0.15, 0.2) is 0 Å². The van der Waals surface area contributed by atoms with Gasteiger partial charge in [0.05, 0.1) is 27.9 Å². The molecule has 0 spiro atoms. The van der Waals surface area contributed by atoms with Gasteiger partial charge < -0.3 is 13.7 Å². The Labute approximate surface area is 358 Å². The lowest BCUT2D eigenvalue weighted by atomic mass is 9.68. The van der Waals surface area contributed by atoms with Crippen molar-refractivity contribution in [1.29, 1.82) is 0 Å². The van der Waals surface area contributed by atoms with Gasteiger partial charge in [0.2, 0.25) is 0 Å². The molecule has 290 valence electrons. The summed E-state index contributed by atoms with van der Waals surface area (Å²) in [6, 6.07) is 81.1. The van der Waals surface area contributed by atoms with E-state index in [1.54, 1.807) is 0 Å². The number of para-hydroxylation sites is 2. The van der Waals surface area contributed by atoms with E-state index in [-0.39, 0.29) is 0 Å². The fourth-order valence-electron chi connectivity index (χ4n) is 10.7. The highest BCUT2D eigenvalue weighted by atomic mass is 16.3. The van der Waals surface area contributed by atoms with Crippen molar-refractivity contribution < 1.29 is 8.83 Å². The molecule has 10 aromatic carbocycles. The van der Waals surface area contributed by atoms with E-state index in [2.05, 4.69) is 223 Å². The molecule has 1 aliphatic carbocycles. The summed E-state index contributed by atoms with van der Waals surface area (Å²) in [5.74, 6) is 0. The molecule has 13 rings (SSSR count). The second kappa shape index (κ2) is 13.4. The second-order valence-electron chi connectivity index (χ2n) is 16.3. The van der Waals surface area contributed by atoms with Gasteiger partial charge in [-0.3, -0.25) is 0 Å². The number of rotatable bonds is 6. The normalized spacial score (nSPS) is 13.0. The second-order valence-corrected chi connectivity index (χ2v) is 16.3. The van der Waals surface area contributed by atoms with Crippen molar-refractivity contribution in [3.63, 3.8) is 0 Å². The Kier molecular flexibility index (Phi) is 7.52. The zero-order valence-corrected chi connectivity index (χ0v) is 33.6. The first-order valence-corrected chi connectivity index (χ1v) is 21.3. The van der Waals surface area contributed by atoms with Crippen molar-refractivity contribution in [2.24, 2.45) is 0 Å². The number of fused-ring (bicyclic) bond motifs is 11. The van der Waals surface area contributed by atoms with Crippen molar-refractivity contribution in [1.82, 2.24) is 0 Å². The lowest BCUT2D eigenvalue weighted by Gasteiger charge is -2.34. The summed E-state index contributed by atoms with van der Waals surface area (Å²) in [5.41, 5.74) is 15.7. The van der Waals surface area contributed by atoms with Crippen LogP contribution in [0.15, 0.2) is 233 Å². The highest BCUT2D eigenvalue weighted by Crippen LogP contribution is 2.60. The van der Waals surface area contributed by atoms with E-state index in [4.69, 9.17) is 8.83 Å². The van der Waals surface area contributed by atoms with Crippen LogP contribution in [0.1, 0.15) is 22.3 Å². The van der Waals surface area contributed by atoms with E-state index in [9.17, 15) is 0 Å². The SMILES string of the molecule is c1ccc(C2(c3ccccc3)c3ccccc3-c3c(N(c4ccccc4-c4cccc5oc6c7ccccc7ccc6c45)c4cccc5oc6ccccc6c45)cccc32)cc1. The fourth-order valence-corrected chi connectivity index (χ4v) is 10.7. The van der Waals surface area contributed by atoms with E-state index in [1.807, 2.05) is 6.07 Å². The molecule has 0 radical (unpaired) electrons. The summed E-state index contributed by atoms with van der Waals surface area (Å²) < 4.78 is 13.4. The lowest BCUT2D eigenvalue weighted by Crippen LogP contribution is -2.28. The van der Waals surface area contributed by atoms with Gasteiger partial charge in [-0.05, 0) is 81.2 Å². The zero-order chi connectivity index (χ0) is 40.8. The van der Waals surface area contributed by atoms with E-state index in [1.165, 1.54) is 33.4 Å². The molecule has 0 bridgehead atoms. The minimum atomic E-state index is -0.561. The minimum absolute atomic E-state index is 0.561. The van der Waals surface area contributed by atoms with Crippen LogP contribution < -0.4 is 4.90 Å². The lowest BCUT2D eigenvalue weighted by molar-refractivity contribution is 0.669. The average Bonchev–Trinajstić information content (AvgIpc) is 4.02. The van der Waals surface area contributed by atoms with Gasteiger partial charge >= 0.3 is 0 Å². The molecule has 0 aliphatic heterocycles. The summed E-state index contributed by atoms with van der Waals surface area (Å²) in [6.07, 6.45) is 0. The smallest absolute Gasteiger partial charge is 0.143 e. The minimum Gasteiger partial charge on any atom is -0.456 e. The molecule has 0 atom stereocenters. The Balaban J connectivity index is 1.16. The van der Waals surface area contributed by atoms with Crippen LogP contribution in [-0.2, 0) is 5.41 Å². The molecule has 3 nitrogen and oxygen atoms in total. The van der Waals surface area contributed by atoms with Crippen molar-refractivity contribution in [3.8, 4) is 22.3 Å². The molecule has 12 aromatic rings. The Bertz CT molecular complexity index is 3670. The standard InChI is InChI=1S/C59H37NO2/c1-3-19-39(20-4-1)59(40-21-5-2-6-22-40)47-28-12-9-25-44(47)56-48(59)29-16-31-50(56)60(51-32-17-35-54-57(51)45-26-11-14-33-52(45)61-54)49-30-13-10-24-42(49)43-27-15-34-53-55(43)46-37-36-38-18-7-8-23-41(38)58(46)62-53/h1-37H. The maximum atomic E-state index is 6.77. The van der Waals surface area contributed by atoms with Gasteiger partial charge in [0.25, 0.3) is 0 Å². The number of hydrogen-bond donors (Lipinski definition) is 0. The van der Waals surface area contributed by atoms with Gasteiger partial charge in [-0.15, -0.1) is 0 Å². The predicted molar refractivity (Wildman–Crippen MR) is 256 cm³/mol. The van der Waals surface area contributed by atoms with Gasteiger partial charge in [-0.25, -0.2) is 0 Å². The predicted octanol–water partition coefficient (Wildman–Crippen LogP) is 16.1. The number of nitrogens with zero attached hydrogens (tertiary/aromatic N) is 1. The quantitative estimate of drug-likeness (QED) is 0.168. The maximum Gasteiger partial charge on any atom is 0.143 e. The molecule has 62 heavy (non-hydrogen) atoms. The first-order valence-electron chi connectivity index (χ1n) is 21.3. The summed E-state index contributed by atoms with van der Waals surface area (Å²) in [4.78, 5) is 2.50. The molecule has 0 saturated heterocycles. The van der Waals surface area contributed by atoms with Crippen LogP contribution >= 0.6 is 0 Å². The third-order valence-electron chi connectivity index (χ3n) is 13.1. The number of furan rings is 2. The summed E-state index contributed by atoms with van der Waals surface area (Å²) >= 11 is 0. The topological polar surface area (TPSA) is 29.5 Å². The third-order valence-corrected chi connectivity index (χ3v) is 13.1. The summed E-state index contributed by atoms with van der Waals surface area (Å²) in [5, 5.41) is 6.61. The van der Waals surface area contributed by atoms with Crippen LogP contribution in [0, 0.1) is 0 Å². The van der Waals surface area contributed by atoms with E-state index >= 15 is 0 Å². The third kappa shape index (κ3) is 4.82. The van der Waals surface area contributed by atoms with Crippen molar-refractivity contribution in [3.05, 3.63) is 247 Å². The Hall–Kier alpha value is -8.14. The van der Waals surface area contributed by atoms with Crippen LogP contribution in [0.2, 0.25) is 0 Å². The van der Waals surface area contributed by atoms with Gasteiger partial charge in [0, 0.05) is 32.7 Å². The molecular formula is C59H37NO2. The Morgan fingerprint density at radius 2 is 0.887 bits per heavy atom. The van der Waals surface area contributed by atoms with E-state index in [0.29, 0.717) is 0 Å². The maximum absolute atomic E-state index is 6.77. The molecule has 1 aliphatic rings. The largest absolute Gasteiger partial charge is 0.456 e. The number of anilines is 3. The van der Waals surface area contributed by atoms with Crippen LogP contribution in [0.5, 0.6) is 0 Å². The average molecular weight is 792 g/mol. The molecule has 0 N–H and O–H groups in total. The first kappa shape index (κ1) is 34.7. The van der Waals surface area contributed by atoms with Crippen molar-refractivity contribution >= 4 is 71.7 Å². The van der Waals surface area contributed by atoms with Crippen LogP contribution in [0.3, 0.4) is 0 Å². The van der Waals surface area contributed by atoms with Gasteiger partial charge in [-0.1, -0.05) is 182 Å². The van der Waals surface area contributed by atoms with Gasteiger partial charge in [-0.2, -0.15) is 0 Å². The van der Waals surface area contributed by atoms with Crippen LogP contribution in [0.4, 0.5) is 17.1 Å². The van der Waals surface area contributed by atoms with Crippen LogP contribution in [-0.4, -0.2) is 0 Å². The molecule has 0 saturated carbocycles. The molecule has 0 unspecified atom stereocenters.